The molecule has 0 aliphatic carbocycles. The molecule has 0 heterocycles. The summed E-state index contributed by atoms with van der Waals surface area (Å²) in [5.74, 6) is 0.244. The minimum Gasteiger partial charge on any atom is -0.399 e. The summed E-state index contributed by atoms with van der Waals surface area (Å²) in [6, 6.07) is 13.1. The van der Waals surface area contributed by atoms with Crippen molar-refractivity contribution in [1.29, 1.82) is 5.41 Å². The van der Waals surface area contributed by atoms with Crippen LogP contribution in [0.4, 0.5) is 11.4 Å². The van der Waals surface area contributed by atoms with Crippen molar-refractivity contribution in [3.05, 3.63) is 76.0 Å². The molecule has 0 radical (unpaired) electrons. The summed E-state index contributed by atoms with van der Waals surface area (Å²) in [5, 5.41) is 21.2. The van der Waals surface area contributed by atoms with Crippen molar-refractivity contribution >= 4 is 23.3 Å². The van der Waals surface area contributed by atoms with Crippen LogP contribution in [0.3, 0.4) is 0 Å². The van der Waals surface area contributed by atoms with E-state index in [-0.39, 0.29) is 11.5 Å². The molecular formula is C15H14N4O2. The van der Waals surface area contributed by atoms with Gasteiger partial charge in [-0.25, -0.2) is 0 Å². The number of nitrogens with two attached hydrogens (primary N) is 1. The fraction of sp³-hybridized carbons (Fsp3) is 0. The Kier molecular flexibility index (Phi) is 4.30. The highest BCUT2D eigenvalue weighted by molar-refractivity contribution is 5.97. The van der Waals surface area contributed by atoms with Crippen molar-refractivity contribution in [1.82, 2.24) is 5.32 Å². The van der Waals surface area contributed by atoms with E-state index in [0.29, 0.717) is 5.69 Å². The highest BCUT2D eigenvalue weighted by Gasteiger charge is 2.02. The first-order valence-electron chi connectivity index (χ1n) is 6.18. The van der Waals surface area contributed by atoms with Gasteiger partial charge in [-0.2, -0.15) is 0 Å². The van der Waals surface area contributed by atoms with E-state index >= 15 is 0 Å². The van der Waals surface area contributed by atoms with Gasteiger partial charge in [0.25, 0.3) is 5.69 Å². The van der Waals surface area contributed by atoms with Crippen LogP contribution in [0.5, 0.6) is 0 Å². The molecule has 21 heavy (non-hydrogen) atoms. The van der Waals surface area contributed by atoms with E-state index in [2.05, 4.69) is 5.32 Å². The number of nitrogens with zero attached hydrogens (tertiary/aromatic N) is 1. The van der Waals surface area contributed by atoms with Crippen molar-refractivity contribution in [2.24, 2.45) is 0 Å². The quantitative estimate of drug-likeness (QED) is 0.263. The monoisotopic (exact) mass is 282 g/mol. The number of nitrogens with one attached hydrogen (secondary N) is 2. The number of non-ortho nitro benzene ring substituents is 1. The van der Waals surface area contributed by atoms with Crippen LogP contribution in [0, 0.1) is 15.5 Å². The second kappa shape index (κ2) is 6.33. The van der Waals surface area contributed by atoms with Gasteiger partial charge in [0, 0.05) is 29.6 Å². The van der Waals surface area contributed by atoms with Crippen LogP contribution in [0.2, 0.25) is 0 Å². The molecule has 0 fully saturated rings. The zero-order valence-electron chi connectivity index (χ0n) is 11.1. The van der Waals surface area contributed by atoms with Gasteiger partial charge in [-0.15, -0.1) is 0 Å². The van der Waals surface area contributed by atoms with E-state index in [4.69, 9.17) is 11.1 Å². The second-order valence-corrected chi connectivity index (χ2v) is 4.32. The molecule has 0 atom stereocenters. The number of amidine groups is 1. The minimum absolute atomic E-state index is 0.0507. The lowest BCUT2D eigenvalue weighted by molar-refractivity contribution is -0.384. The first-order valence-corrected chi connectivity index (χ1v) is 6.18. The summed E-state index contributed by atoms with van der Waals surface area (Å²) in [6.07, 6.45) is 3.34. The Labute approximate surface area is 121 Å². The van der Waals surface area contributed by atoms with Crippen molar-refractivity contribution in [3.63, 3.8) is 0 Å². The topological polar surface area (TPSA) is 105 Å². The summed E-state index contributed by atoms with van der Waals surface area (Å²) >= 11 is 0. The van der Waals surface area contributed by atoms with E-state index in [0.717, 1.165) is 11.1 Å². The summed E-state index contributed by atoms with van der Waals surface area (Å²) in [7, 11) is 0. The van der Waals surface area contributed by atoms with Gasteiger partial charge in [0.15, 0.2) is 0 Å². The number of nitro groups is 1. The normalized spacial score (nSPS) is 10.5. The highest BCUT2D eigenvalue weighted by atomic mass is 16.6. The van der Waals surface area contributed by atoms with Crippen LogP contribution in [-0.4, -0.2) is 10.8 Å². The molecular weight excluding hydrogens is 268 g/mol. The van der Waals surface area contributed by atoms with Gasteiger partial charge in [-0.1, -0.05) is 0 Å². The molecule has 6 heteroatoms. The molecule has 2 rings (SSSR count). The number of nitro benzene ring substituents is 1. The standard InChI is InChI=1S/C15H14N4O2/c16-13-5-3-12(4-6-13)15(17)18-10-9-11-1-7-14(8-2-11)19(20)21/h1-10H,16H2,(H2,17,18). The van der Waals surface area contributed by atoms with Gasteiger partial charge in [0.05, 0.1) is 4.92 Å². The lowest BCUT2D eigenvalue weighted by Gasteiger charge is -2.03. The number of hydrogen-bond acceptors (Lipinski definition) is 4. The molecule has 4 N–H and O–H groups in total. The van der Waals surface area contributed by atoms with Crippen molar-refractivity contribution < 1.29 is 4.92 Å². The van der Waals surface area contributed by atoms with Gasteiger partial charge in [0.1, 0.15) is 5.84 Å². The Morgan fingerprint density at radius 3 is 2.33 bits per heavy atom. The maximum absolute atomic E-state index is 10.5. The molecule has 106 valence electrons. The second-order valence-electron chi connectivity index (χ2n) is 4.32. The lowest BCUT2D eigenvalue weighted by atomic mass is 10.2. The average Bonchev–Trinajstić information content (AvgIpc) is 2.48. The number of rotatable bonds is 4. The molecule has 0 aliphatic rings. The Hall–Kier alpha value is -3.15. The summed E-state index contributed by atoms with van der Waals surface area (Å²) in [5.41, 5.74) is 7.80. The molecule has 6 nitrogen and oxygen atoms in total. The molecule has 0 saturated carbocycles. The molecule has 0 spiro atoms. The zero-order chi connectivity index (χ0) is 15.2. The molecule has 2 aromatic rings. The molecule has 0 saturated heterocycles. The zero-order valence-corrected chi connectivity index (χ0v) is 11.1. The third kappa shape index (κ3) is 3.90. The van der Waals surface area contributed by atoms with Gasteiger partial charge in [-0.05, 0) is 48.0 Å². The number of anilines is 1. The predicted molar refractivity (Wildman–Crippen MR) is 82.9 cm³/mol. The van der Waals surface area contributed by atoms with E-state index in [9.17, 15) is 10.1 Å². The van der Waals surface area contributed by atoms with Crippen LogP contribution < -0.4 is 11.1 Å². The third-order valence-corrected chi connectivity index (χ3v) is 2.81. The van der Waals surface area contributed by atoms with Gasteiger partial charge >= 0.3 is 0 Å². The molecule has 0 amide bonds. The molecule has 0 aliphatic heterocycles. The van der Waals surface area contributed by atoms with Crippen LogP contribution in [0.25, 0.3) is 6.08 Å². The number of hydrogen-bond donors (Lipinski definition) is 3. The largest absolute Gasteiger partial charge is 0.399 e. The van der Waals surface area contributed by atoms with Crippen LogP contribution in [0.15, 0.2) is 54.7 Å². The Morgan fingerprint density at radius 1 is 1.14 bits per heavy atom. The molecule has 2 aromatic carbocycles. The maximum Gasteiger partial charge on any atom is 0.269 e. The third-order valence-electron chi connectivity index (χ3n) is 2.81. The van der Waals surface area contributed by atoms with Crippen LogP contribution in [0.1, 0.15) is 11.1 Å². The van der Waals surface area contributed by atoms with E-state index in [1.54, 1.807) is 48.7 Å². The lowest BCUT2D eigenvalue weighted by Crippen LogP contribution is -2.16. The van der Waals surface area contributed by atoms with Crippen molar-refractivity contribution in [2.75, 3.05) is 5.73 Å². The highest BCUT2D eigenvalue weighted by Crippen LogP contribution is 2.12. The predicted octanol–water partition coefficient (Wildman–Crippen LogP) is 2.76. The SMILES string of the molecule is N=C(NC=Cc1ccc([N+](=O)[O-])cc1)c1ccc(N)cc1. The average molecular weight is 282 g/mol. The number of benzene rings is 2. The minimum atomic E-state index is -0.442. The summed E-state index contributed by atoms with van der Waals surface area (Å²) in [4.78, 5) is 10.1. The van der Waals surface area contributed by atoms with E-state index in [1.165, 1.54) is 12.1 Å². The smallest absolute Gasteiger partial charge is 0.269 e. The van der Waals surface area contributed by atoms with Crippen LogP contribution in [-0.2, 0) is 0 Å². The van der Waals surface area contributed by atoms with E-state index < -0.39 is 4.92 Å². The van der Waals surface area contributed by atoms with Crippen molar-refractivity contribution in [3.8, 4) is 0 Å². The van der Waals surface area contributed by atoms with Gasteiger partial charge in [0.2, 0.25) is 0 Å². The van der Waals surface area contributed by atoms with Gasteiger partial charge < -0.3 is 11.1 Å². The fourth-order valence-corrected chi connectivity index (χ4v) is 1.66. The first-order chi connectivity index (χ1) is 10.1. The Balaban J connectivity index is 1.97. The number of nitrogen functional groups attached to an aromatic ring is 1. The van der Waals surface area contributed by atoms with Crippen molar-refractivity contribution in [2.45, 2.75) is 0 Å². The summed E-state index contributed by atoms with van der Waals surface area (Å²) in [6.45, 7) is 0. The molecule has 0 bridgehead atoms. The maximum atomic E-state index is 10.5. The van der Waals surface area contributed by atoms with Crippen LogP contribution >= 0.6 is 0 Å². The fourth-order valence-electron chi connectivity index (χ4n) is 1.66. The summed E-state index contributed by atoms with van der Waals surface area (Å²) < 4.78 is 0. The molecule has 0 aromatic heterocycles. The first kappa shape index (κ1) is 14.3. The molecule has 0 unspecified atom stereocenters. The van der Waals surface area contributed by atoms with Gasteiger partial charge in [-0.3, -0.25) is 15.5 Å². The van der Waals surface area contributed by atoms with E-state index in [1.807, 2.05) is 0 Å². The Bertz CT molecular complexity index is 676. The Morgan fingerprint density at radius 2 is 1.76 bits per heavy atom.